The van der Waals surface area contributed by atoms with Crippen LogP contribution in [0.3, 0.4) is 0 Å². The molecule has 1 nitrogen and oxygen atoms in total. The highest BCUT2D eigenvalue weighted by atomic mass is 14.3. The summed E-state index contributed by atoms with van der Waals surface area (Å²) in [6, 6.07) is 2.58. The average Bonchev–Trinajstić information content (AvgIpc) is 2.67. The van der Waals surface area contributed by atoms with Gasteiger partial charge in [0.1, 0.15) is 0 Å². The number of unbranched alkanes of at least 4 members (excludes halogenated alkanes) is 4. The predicted octanol–water partition coefficient (Wildman–Crippen LogP) is 8.04. The van der Waals surface area contributed by atoms with Crippen LogP contribution in [-0.2, 0) is 0 Å². The maximum absolute atomic E-state index is 9.39. The first-order chi connectivity index (χ1) is 12.3. The Morgan fingerprint density at radius 2 is 1.40 bits per heavy atom. The summed E-state index contributed by atoms with van der Waals surface area (Å²) in [6.45, 7) is 2.26. The van der Waals surface area contributed by atoms with Crippen molar-refractivity contribution in [1.29, 1.82) is 5.26 Å². The Morgan fingerprint density at radius 3 is 2.08 bits per heavy atom. The van der Waals surface area contributed by atoms with Crippen LogP contribution in [0, 0.1) is 35.0 Å². The Bertz CT molecular complexity index is 355. The van der Waals surface area contributed by atoms with E-state index in [0.717, 1.165) is 30.6 Å². The highest BCUT2D eigenvalue weighted by molar-refractivity contribution is 4.84. The van der Waals surface area contributed by atoms with Gasteiger partial charge in [-0.15, -0.1) is 0 Å². The lowest BCUT2D eigenvalue weighted by atomic mass is 9.70. The van der Waals surface area contributed by atoms with E-state index in [1.54, 1.807) is 0 Å². The van der Waals surface area contributed by atoms with Gasteiger partial charge in [0, 0.05) is 5.92 Å². The molecule has 0 saturated heterocycles. The third kappa shape index (κ3) is 8.15. The number of nitriles is 1. The zero-order valence-corrected chi connectivity index (χ0v) is 17.0. The Labute approximate surface area is 158 Å². The van der Waals surface area contributed by atoms with E-state index in [4.69, 9.17) is 0 Å². The Balaban J connectivity index is 1.52. The summed E-state index contributed by atoms with van der Waals surface area (Å²) in [4.78, 5) is 0. The van der Waals surface area contributed by atoms with Gasteiger partial charge in [0.05, 0.1) is 6.07 Å². The largest absolute Gasteiger partial charge is 0.198 e. The van der Waals surface area contributed by atoms with E-state index in [1.807, 2.05) is 0 Å². The quantitative estimate of drug-likeness (QED) is 0.347. The van der Waals surface area contributed by atoms with Gasteiger partial charge in [0.25, 0.3) is 0 Å². The minimum Gasteiger partial charge on any atom is -0.198 e. The molecule has 1 heteroatoms. The molecule has 25 heavy (non-hydrogen) atoms. The van der Waals surface area contributed by atoms with Crippen molar-refractivity contribution < 1.29 is 0 Å². The van der Waals surface area contributed by atoms with E-state index >= 15 is 0 Å². The topological polar surface area (TPSA) is 23.8 Å². The molecule has 0 heterocycles. The molecular formula is C24H43N. The van der Waals surface area contributed by atoms with E-state index in [9.17, 15) is 5.26 Å². The van der Waals surface area contributed by atoms with Gasteiger partial charge < -0.3 is 0 Å². The van der Waals surface area contributed by atoms with Crippen LogP contribution in [0.1, 0.15) is 122 Å². The fourth-order valence-electron chi connectivity index (χ4n) is 5.47. The molecule has 144 valence electrons. The highest BCUT2D eigenvalue weighted by Gasteiger charge is 2.28. The lowest BCUT2D eigenvalue weighted by Crippen LogP contribution is -2.23. The van der Waals surface area contributed by atoms with Gasteiger partial charge in [-0.1, -0.05) is 96.8 Å². The number of hydrogen-bond donors (Lipinski definition) is 0. The van der Waals surface area contributed by atoms with Crippen molar-refractivity contribution >= 4 is 0 Å². The van der Waals surface area contributed by atoms with Crippen LogP contribution in [0.4, 0.5) is 0 Å². The minimum absolute atomic E-state index is 0.334. The summed E-state index contributed by atoms with van der Waals surface area (Å²) in [5.41, 5.74) is 0. The first kappa shape index (κ1) is 20.8. The van der Waals surface area contributed by atoms with E-state index in [0.29, 0.717) is 5.92 Å². The fourth-order valence-corrected chi connectivity index (χ4v) is 5.47. The van der Waals surface area contributed by atoms with E-state index in [2.05, 4.69) is 13.0 Å². The lowest BCUT2D eigenvalue weighted by Gasteiger charge is -2.36. The van der Waals surface area contributed by atoms with Crippen LogP contribution in [0.5, 0.6) is 0 Å². The second-order valence-corrected chi connectivity index (χ2v) is 9.14. The summed E-state index contributed by atoms with van der Waals surface area (Å²) >= 11 is 0. The van der Waals surface area contributed by atoms with Crippen LogP contribution >= 0.6 is 0 Å². The van der Waals surface area contributed by atoms with Gasteiger partial charge in [-0.2, -0.15) is 5.26 Å². The molecule has 0 N–H and O–H groups in total. The molecule has 0 aromatic carbocycles. The highest BCUT2D eigenvalue weighted by Crippen LogP contribution is 2.41. The second kappa shape index (κ2) is 12.8. The van der Waals surface area contributed by atoms with Gasteiger partial charge in [-0.3, -0.25) is 0 Å². The maximum Gasteiger partial charge on any atom is 0.0655 e. The van der Waals surface area contributed by atoms with Gasteiger partial charge in [-0.25, -0.2) is 0 Å². The summed E-state index contributed by atoms with van der Waals surface area (Å²) in [7, 11) is 0. The molecule has 2 rings (SSSR count). The first-order valence-corrected chi connectivity index (χ1v) is 11.7. The maximum atomic E-state index is 9.39. The number of rotatable bonds is 11. The molecule has 0 amide bonds. The molecule has 0 spiro atoms. The fraction of sp³-hybridized carbons (Fsp3) is 0.958. The molecule has 0 bridgehead atoms. The van der Waals surface area contributed by atoms with Crippen molar-refractivity contribution in [3.63, 3.8) is 0 Å². The van der Waals surface area contributed by atoms with Crippen molar-refractivity contribution in [3.8, 4) is 6.07 Å². The zero-order chi connectivity index (χ0) is 17.7. The third-order valence-electron chi connectivity index (χ3n) is 7.21. The van der Waals surface area contributed by atoms with Crippen LogP contribution in [-0.4, -0.2) is 0 Å². The predicted molar refractivity (Wildman–Crippen MR) is 108 cm³/mol. The SMILES string of the molecule is CCCCCCCC(C#N)CCC[C@H]1CC[C@H](C2CCCCC2)CC1. The minimum atomic E-state index is 0.334. The van der Waals surface area contributed by atoms with Crippen LogP contribution in [0.15, 0.2) is 0 Å². The third-order valence-corrected chi connectivity index (χ3v) is 7.21. The molecule has 0 aromatic rings. The van der Waals surface area contributed by atoms with E-state index < -0.39 is 0 Å². The molecule has 0 aliphatic heterocycles. The summed E-state index contributed by atoms with van der Waals surface area (Å²) in [5.74, 6) is 3.45. The molecule has 2 aliphatic carbocycles. The average molecular weight is 346 g/mol. The van der Waals surface area contributed by atoms with Crippen LogP contribution in [0.25, 0.3) is 0 Å². The van der Waals surface area contributed by atoms with Gasteiger partial charge in [0.2, 0.25) is 0 Å². The van der Waals surface area contributed by atoms with Crippen molar-refractivity contribution in [1.82, 2.24) is 0 Å². The van der Waals surface area contributed by atoms with E-state index in [1.165, 1.54) is 103 Å². The van der Waals surface area contributed by atoms with Gasteiger partial charge >= 0.3 is 0 Å². The van der Waals surface area contributed by atoms with Crippen LogP contribution < -0.4 is 0 Å². The van der Waals surface area contributed by atoms with Crippen LogP contribution in [0.2, 0.25) is 0 Å². The normalized spacial score (nSPS) is 26.2. The van der Waals surface area contributed by atoms with Crippen molar-refractivity contribution in [2.75, 3.05) is 0 Å². The smallest absolute Gasteiger partial charge is 0.0655 e. The molecule has 2 fully saturated rings. The monoisotopic (exact) mass is 345 g/mol. The molecule has 2 saturated carbocycles. The second-order valence-electron chi connectivity index (χ2n) is 9.14. The lowest BCUT2D eigenvalue weighted by molar-refractivity contribution is 0.162. The first-order valence-electron chi connectivity index (χ1n) is 11.7. The van der Waals surface area contributed by atoms with Crippen molar-refractivity contribution in [3.05, 3.63) is 0 Å². The molecule has 1 atom stereocenters. The number of hydrogen-bond acceptors (Lipinski definition) is 1. The Kier molecular flexibility index (Phi) is 10.6. The molecule has 2 aliphatic rings. The van der Waals surface area contributed by atoms with Crippen molar-refractivity contribution in [2.24, 2.45) is 23.7 Å². The Morgan fingerprint density at radius 1 is 0.760 bits per heavy atom. The van der Waals surface area contributed by atoms with Gasteiger partial charge in [-0.05, 0) is 43.4 Å². The Hall–Kier alpha value is -0.510. The standard InChI is InChI=1S/C24H43N/c1-2-3-4-5-7-11-22(20-25)13-10-12-21-16-18-24(19-17-21)23-14-8-6-9-15-23/h21-24H,2-19H2,1H3/t21-,22?,24-. The molecule has 0 radical (unpaired) electrons. The molecule has 1 unspecified atom stereocenters. The number of nitrogens with zero attached hydrogens (tertiary/aromatic N) is 1. The molecule has 0 aromatic heterocycles. The summed E-state index contributed by atoms with van der Waals surface area (Å²) in [6.07, 6.45) is 25.1. The van der Waals surface area contributed by atoms with Gasteiger partial charge in [0.15, 0.2) is 0 Å². The zero-order valence-electron chi connectivity index (χ0n) is 17.0. The van der Waals surface area contributed by atoms with E-state index in [-0.39, 0.29) is 0 Å². The summed E-state index contributed by atoms with van der Waals surface area (Å²) in [5, 5.41) is 9.39. The summed E-state index contributed by atoms with van der Waals surface area (Å²) < 4.78 is 0. The molecular weight excluding hydrogens is 302 g/mol. The van der Waals surface area contributed by atoms with Crippen molar-refractivity contribution in [2.45, 2.75) is 122 Å².